The molecule has 38 heavy (non-hydrogen) atoms. The number of fused-ring (bicyclic) bond motifs is 1. The second-order valence-corrected chi connectivity index (χ2v) is 8.57. The maximum Gasteiger partial charge on any atom is 0.325 e. The van der Waals surface area contributed by atoms with Crippen LogP contribution in [-0.4, -0.2) is 49.6 Å². The lowest BCUT2D eigenvalue weighted by Crippen LogP contribution is -2.08. The van der Waals surface area contributed by atoms with Crippen molar-refractivity contribution < 1.29 is 24.1 Å². The number of aromatic nitrogens is 5. The van der Waals surface area contributed by atoms with Gasteiger partial charge in [-0.25, -0.2) is 9.97 Å². The maximum atomic E-state index is 10.9. The number of nitrogen functional groups attached to an aromatic ring is 1. The van der Waals surface area contributed by atoms with Gasteiger partial charge in [0, 0.05) is 23.5 Å². The third-order valence-corrected chi connectivity index (χ3v) is 6.00. The largest absolute Gasteiger partial charge is 0.497 e. The molecule has 0 saturated carbocycles. The molecule has 0 atom stereocenters. The zero-order valence-corrected chi connectivity index (χ0v) is 20.9. The highest BCUT2D eigenvalue weighted by atomic mass is 16.5. The number of nitrogens with two attached hydrogens (primary N) is 1. The molecule has 0 aliphatic heterocycles. The molecule has 194 valence electrons. The van der Waals surface area contributed by atoms with Crippen LogP contribution in [0.4, 0.5) is 5.95 Å². The fraction of sp³-hybridized carbons (Fsp3) is 0.185. The van der Waals surface area contributed by atoms with Crippen LogP contribution in [0, 0.1) is 0 Å². The van der Waals surface area contributed by atoms with Crippen molar-refractivity contribution in [2.45, 2.75) is 19.7 Å². The van der Waals surface area contributed by atoms with Crippen LogP contribution in [0.2, 0.25) is 0 Å². The molecular weight excluding hydrogens is 488 g/mol. The number of carbonyl (C=O) groups is 1. The number of imidazole rings is 1. The van der Waals surface area contributed by atoms with E-state index in [4.69, 9.17) is 25.1 Å². The first-order chi connectivity index (χ1) is 18.4. The summed E-state index contributed by atoms with van der Waals surface area (Å²) in [4.78, 5) is 20.0. The lowest BCUT2D eigenvalue weighted by atomic mass is 10.1. The number of nitrogens with zero attached hydrogens (tertiary/aromatic N) is 5. The Balaban J connectivity index is 1.33. The molecule has 0 aliphatic rings. The summed E-state index contributed by atoms with van der Waals surface area (Å²) in [6.45, 7) is 0.604. The van der Waals surface area contributed by atoms with Crippen LogP contribution in [0.1, 0.15) is 11.1 Å². The number of hydrogen-bond acceptors (Lipinski definition) is 8. The molecule has 0 fully saturated rings. The van der Waals surface area contributed by atoms with Gasteiger partial charge in [-0.05, 0) is 41.5 Å². The molecule has 0 aliphatic carbocycles. The van der Waals surface area contributed by atoms with E-state index < -0.39 is 5.97 Å². The summed E-state index contributed by atoms with van der Waals surface area (Å²) in [7, 11) is 3.23. The van der Waals surface area contributed by atoms with Crippen LogP contribution in [-0.2, 0) is 24.5 Å². The Kier molecular flexibility index (Phi) is 6.81. The molecule has 0 amide bonds. The number of rotatable bonds is 10. The van der Waals surface area contributed by atoms with Crippen molar-refractivity contribution in [3.63, 3.8) is 0 Å². The van der Waals surface area contributed by atoms with E-state index in [-0.39, 0.29) is 6.54 Å². The lowest BCUT2D eigenvalue weighted by Gasteiger charge is -2.13. The molecule has 0 unspecified atom stereocenters. The fourth-order valence-electron chi connectivity index (χ4n) is 4.07. The van der Waals surface area contributed by atoms with Crippen molar-refractivity contribution >= 4 is 23.1 Å². The maximum absolute atomic E-state index is 10.9. The van der Waals surface area contributed by atoms with Gasteiger partial charge in [0.2, 0.25) is 5.95 Å². The molecule has 11 heteroatoms. The minimum Gasteiger partial charge on any atom is -0.497 e. The second-order valence-electron chi connectivity index (χ2n) is 8.57. The summed E-state index contributed by atoms with van der Waals surface area (Å²) in [5, 5.41) is 13.0. The number of hydrogen-bond donors (Lipinski definition) is 2. The van der Waals surface area contributed by atoms with E-state index in [2.05, 4.69) is 15.1 Å². The number of carboxylic acids is 1. The van der Waals surface area contributed by atoms with Crippen LogP contribution in [0.3, 0.4) is 0 Å². The van der Waals surface area contributed by atoms with E-state index >= 15 is 0 Å². The summed E-state index contributed by atoms with van der Waals surface area (Å²) in [5.41, 5.74) is 10.9. The minimum atomic E-state index is -0.965. The van der Waals surface area contributed by atoms with Crippen LogP contribution in [0.25, 0.3) is 22.3 Å². The number of anilines is 1. The quantitative estimate of drug-likeness (QED) is 0.286. The molecule has 0 radical (unpaired) electrons. The van der Waals surface area contributed by atoms with Gasteiger partial charge in [-0.2, -0.15) is 5.10 Å². The molecule has 0 spiro atoms. The van der Waals surface area contributed by atoms with E-state index in [9.17, 15) is 4.79 Å². The van der Waals surface area contributed by atoms with Crippen molar-refractivity contribution in [3.8, 4) is 28.4 Å². The highest BCUT2D eigenvalue weighted by Gasteiger charge is 2.14. The Labute approximate surface area is 218 Å². The van der Waals surface area contributed by atoms with Crippen LogP contribution < -0.4 is 19.9 Å². The highest BCUT2D eigenvalue weighted by Crippen LogP contribution is 2.30. The molecule has 11 nitrogen and oxygen atoms in total. The SMILES string of the molecule is COc1ccc(COc2ccc(Cn3c(N)nc4cc(-c5cnn(CC(=O)O)c5)cnc43)cc2OC)cc1. The molecule has 0 saturated heterocycles. The third-order valence-electron chi connectivity index (χ3n) is 6.00. The van der Waals surface area contributed by atoms with Crippen molar-refractivity contribution in [2.24, 2.45) is 0 Å². The number of carboxylic acid groups (broad SMARTS) is 1. The van der Waals surface area contributed by atoms with Gasteiger partial charge in [0.1, 0.15) is 24.4 Å². The predicted molar refractivity (Wildman–Crippen MR) is 140 cm³/mol. The number of benzene rings is 2. The minimum absolute atomic E-state index is 0.216. The molecule has 2 aromatic carbocycles. The van der Waals surface area contributed by atoms with E-state index in [1.807, 2.05) is 53.1 Å². The zero-order chi connectivity index (χ0) is 26.6. The summed E-state index contributed by atoms with van der Waals surface area (Å²) < 4.78 is 19.9. The molecule has 3 aromatic heterocycles. The fourth-order valence-corrected chi connectivity index (χ4v) is 4.07. The third kappa shape index (κ3) is 5.21. The molecule has 5 rings (SSSR count). The van der Waals surface area contributed by atoms with Gasteiger partial charge >= 0.3 is 5.97 Å². The molecule has 3 heterocycles. The standard InChI is InChI=1S/C27H26N6O5/c1-36-21-6-3-17(4-7-21)16-38-23-8-5-18(9-24(23)37-2)13-33-26-22(31-27(33)28)10-19(11-29-26)20-12-30-32(14-20)15-25(34)35/h3-12,14H,13,15-16H2,1-2H3,(H2,28,31)(H,34,35). The molecule has 0 bridgehead atoms. The lowest BCUT2D eigenvalue weighted by molar-refractivity contribution is -0.137. The average molecular weight is 515 g/mol. The smallest absolute Gasteiger partial charge is 0.325 e. The van der Waals surface area contributed by atoms with Crippen LogP contribution in [0.5, 0.6) is 17.2 Å². The summed E-state index contributed by atoms with van der Waals surface area (Å²) in [6, 6.07) is 15.3. The van der Waals surface area contributed by atoms with Gasteiger partial charge in [0.25, 0.3) is 0 Å². The predicted octanol–water partition coefficient (Wildman–Crippen LogP) is 3.61. The molecular formula is C27H26N6O5. The average Bonchev–Trinajstić information content (AvgIpc) is 3.51. The Bertz CT molecular complexity index is 1590. The van der Waals surface area contributed by atoms with Crippen LogP contribution in [0.15, 0.2) is 67.1 Å². The summed E-state index contributed by atoms with van der Waals surface area (Å²) in [5.74, 6) is 1.38. The van der Waals surface area contributed by atoms with Gasteiger partial charge in [0.05, 0.1) is 27.0 Å². The summed E-state index contributed by atoms with van der Waals surface area (Å²) >= 11 is 0. The van der Waals surface area contributed by atoms with E-state index in [0.29, 0.717) is 41.8 Å². The van der Waals surface area contributed by atoms with Gasteiger partial charge in [-0.15, -0.1) is 0 Å². The van der Waals surface area contributed by atoms with E-state index in [1.165, 1.54) is 4.68 Å². The zero-order valence-electron chi connectivity index (χ0n) is 20.9. The monoisotopic (exact) mass is 514 g/mol. The first-order valence-electron chi connectivity index (χ1n) is 11.7. The molecule has 3 N–H and O–H groups in total. The van der Waals surface area contributed by atoms with Crippen molar-refractivity contribution in [1.82, 2.24) is 24.3 Å². The van der Waals surface area contributed by atoms with Gasteiger partial charge < -0.3 is 25.1 Å². The van der Waals surface area contributed by atoms with Gasteiger partial charge in [-0.1, -0.05) is 18.2 Å². The van der Waals surface area contributed by atoms with Crippen LogP contribution >= 0.6 is 0 Å². The van der Waals surface area contributed by atoms with Crippen molar-refractivity contribution in [1.29, 1.82) is 0 Å². The normalized spacial score (nSPS) is 11.0. The van der Waals surface area contributed by atoms with Gasteiger partial charge in [0.15, 0.2) is 17.1 Å². The number of pyridine rings is 1. The Morgan fingerprint density at radius 3 is 2.50 bits per heavy atom. The summed E-state index contributed by atoms with van der Waals surface area (Å²) in [6.07, 6.45) is 4.94. The van der Waals surface area contributed by atoms with Crippen molar-refractivity contribution in [3.05, 3.63) is 78.2 Å². The Morgan fingerprint density at radius 1 is 0.974 bits per heavy atom. The Hall–Kier alpha value is -5.06. The number of methoxy groups -OCH3 is 2. The first-order valence-corrected chi connectivity index (χ1v) is 11.7. The number of aliphatic carboxylic acids is 1. The molecule has 5 aromatic rings. The van der Waals surface area contributed by atoms with E-state index in [1.54, 1.807) is 32.8 Å². The van der Waals surface area contributed by atoms with Gasteiger partial charge in [-0.3, -0.25) is 14.0 Å². The van der Waals surface area contributed by atoms with E-state index in [0.717, 1.165) is 28.0 Å². The Morgan fingerprint density at radius 2 is 1.76 bits per heavy atom. The van der Waals surface area contributed by atoms with Crippen molar-refractivity contribution in [2.75, 3.05) is 20.0 Å². The topological polar surface area (TPSA) is 140 Å². The highest BCUT2D eigenvalue weighted by molar-refractivity contribution is 5.80. The number of ether oxygens (including phenoxy) is 3. The second kappa shape index (κ2) is 10.5. The first kappa shape index (κ1) is 24.6.